The number of aliphatic carboxylic acids is 2. The van der Waals surface area contributed by atoms with Crippen LogP contribution in [0, 0.1) is 0 Å². The summed E-state index contributed by atoms with van der Waals surface area (Å²) >= 11 is 0. The molecule has 21 heavy (non-hydrogen) atoms. The van der Waals surface area contributed by atoms with Gasteiger partial charge in [-0.1, -0.05) is 0 Å². The smallest absolute Gasteiger partial charge is 0.326 e. The molecule has 0 fully saturated rings. The second-order valence-electron chi connectivity index (χ2n) is 4.26. The molecule has 0 saturated carbocycles. The molecule has 1 heterocycles. The van der Waals surface area contributed by atoms with Crippen LogP contribution in [0.3, 0.4) is 0 Å². The van der Waals surface area contributed by atoms with Crippen LogP contribution in [0.15, 0.2) is 6.33 Å². The first-order chi connectivity index (χ1) is 9.99. The Balaban J connectivity index is 2.27. The summed E-state index contributed by atoms with van der Waals surface area (Å²) in [5, 5.41) is 28.5. The van der Waals surface area contributed by atoms with Crippen molar-refractivity contribution < 1.29 is 24.6 Å². The summed E-state index contributed by atoms with van der Waals surface area (Å²) in [6, 6.07) is -1.74. The summed E-state index contributed by atoms with van der Waals surface area (Å²) < 4.78 is 0. The van der Waals surface area contributed by atoms with E-state index in [1.807, 2.05) is 0 Å². The summed E-state index contributed by atoms with van der Waals surface area (Å²) in [4.78, 5) is 36.7. The van der Waals surface area contributed by atoms with E-state index in [0.717, 1.165) is 0 Å². The molecule has 10 nitrogen and oxygen atoms in total. The standard InChI is InChI=1S/C11H17N5O5/c17-9(18)3-1-2-7(10(19)20)15-11(21)12-5-4-8-13-6-14-16-8/h6-7H,1-5H2,(H,17,18)(H,19,20)(H2,12,15,21)(H,13,14,16)/t7-/m1/s1. The molecule has 1 rings (SSSR count). The number of urea groups is 1. The number of H-pyrrole nitrogens is 1. The van der Waals surface area contributed by atoms with E-state index in [9.17, 15) is 14.4 Å². The number of rotatable bonds is 9. The normalized spacial score (nSPS) is 11.6. The lowest BCUT2D eigenvalue weighted by molar-refractivity contribution is -0.140. The van der Waals surface area contributed by atoms with E-state index in [0.29, 0.717) is 12.2 Å². The van der Waals surface area contributed by atoms with Gasteiger partial charge in [-0.25, -0.2) is 14.6 Å². The molecule has 0 saturated heterocycles. The molecule has 0 bridgehead atoms. The van der Waals surface area contributed by atoms with Crippen LogP contribution in [0.5, 0.6) is 0 Å². The third-order valence-electron chi connectivity index (χ3n) is 2.60. The third-order valence-corrected chi connectivity index (χ3v) is 2.60. The van der Waals surface area contributed by atoms with Crippen molar-refractivity contribution in [2.45, 2.75) is 31.7 Å². The maximum absolute atomic E-state index is 11.5. The highest BCUT2D eigenvalue weighted by atomic mass is 16.4. The maximum atomic E-state index is 11.5. The lowest BCUT2D eigenvalue weighted by atomic mass is 10.1. The first-order valence-corrected chi connectivity index (χ1v) is 6.32. The van der Waals surface area contributed by atoms with Gasteiger partial charge in [0.15, 0.2) is 0 Å². The topological polar surface area (TPSA) is 157 Å². The molecule has 2 amide bonds. The third kappa shape index (κ3) is 6.89. The highest BCUT2D eigenvalue weighted by Crippen LogP contribution is 2.01. The number of aromatic nitrogens is 3. The van der Waals surface area contributed by atoms with Crippen LogP contribution < -0.4 is 10.6 Å². The summed E-state index contributed by atoms with van der Waals surface area (Å²) in [6.07, 6.45) is 1.86. The molecule has 1 aromatic heterocycles. The fourth-order valence-electron chi connectivity index (χ4n) is 1.57. The predicted octanol–water partition coefficient (Wildman–Crippen LogP) is -0.645. The van der Waals surface area contributed by atoms with Crippen molar-refractivity contribution in [1.29, 1.82) is 0 Å². The van der Waals surface area contributed by atoms with Gasteiger partial charge in [0.05, 0.1) is 0 Å². The van der Waals surface area contributed by atoms with E-state index in [2.05, 4.69) is 25.8 Å². The van der Waals surface area contributed by atoms with Crippen molar-refractivity contribution in [1.82, 2.24) is 25.8 Å². The van der Waals surface area contributed by atoms with Crippen molar-refractivity contribution in [3.8, 4) is 0 Å². The van der Waals surface area contributed by atoms with Gasteiger partial charge in [0.25, 0.3) is 0 Å². The second-order valence-corrected chi connectivity index (χ2v) is 4.26. The van der Waals surface area contributed by atoms with Crippen LogP contribution >= 0.6 is 0 Å². The quantitative estimate of drug-likeness (QED) is 0.405. The predicted molar refractivity (Wildman–Crippen MR) is 69.5 cm³/mol. The highest BCUT2D eigenvalue weighted by molar-refractivity contribution is 5.82. The Morgan fingerprint density at radius 3 is 2.67 bits per heavy atom. The zero-order chi connectivity index (χ0) is 15.7. The molecule has 10 heteroatoms. The average Bonchev–Trinajstić information content (AvgIpc) is 2.90. The monoisotopic (exact) mass is 299 g/mol. The first-order valence-electron chi connectivity index (χ1n) is 6.32. The maximum Gasteiger partial charge on any atom is 0.326 e. The van der Waals surface area contributed by atoms with Crippen molar-refractivity contribution in [3.63, 3.8) is 0 Å². The van der Waals surface area contributed by atoms with E-state index in [4.69, 9.17) is 10.2 Å². The largest absolute Gasteiger partial charge is 0.481 e. The number of carbonyl (C=O) groups excluding carboxylic acids is 1. The van der Waals surface area contributed by atoms with Gasteiger partial charge in [-0.2, -0.15) is 5.10 Å². The lowest BCUT2D eigenvalue weighted by Gasteiger charge is -2.14. The van der Waals surface area contributed by atoms with Crippen LogP contribution in [-0.2, 0) is 16.0 Å². The zero-order valence-corrected chi connectivity index (χ0v) is 11.2. The summed E-state index contributed by atoms with van der Waals surface area (Å²) in [5.74, 6) is -1.60. The van der Waals surface area contributed by atoms with Crippen molar-refractivity contribution in [2.75, 3.05) is 6.54 Å². The first kappa shape index (κ1) is 16.4. The number of nitrogens with zero attached hydrogens (tertiary/aromatic N) is 2. The molecule has 1 aromatic rings. The molecular weight excluding hydrogens is 282 g/mol. The molecule has 5 N–H and O–H groups in total. The molecule has 0 spiro atoms. The molecular formula is C11H17N5O5. The minimum absolute atomic E-state index is 0.0527. The highest BCUT2D eigenvalue weighted by Gasteiger charge is 2.19. The number of hydrogen-bond acceptors (Lipinski definition) is 5. The average molecular weight is 299 g/mol. The summed E-state index contributed by atoms with van der Waals surface area (Å²) in [7, 11) is 0. The Kier molecular flexibility index (Phi) is 6.65. The van der Waals surface area contributed by atoms with Gasteiger partial charge >= 0.3 is 18.0 Å². The van der Waals surface area contributed by atoms with Gasteiger partial charge in [0.1, 0.15) is 18.2 Å². The molecule has 1 atom stereocenters. The van der Waals surface area contributed by atoms with Crippen molar-refractivity contribution in [2.24, 2.45) is 0 Å². The number of carbonyl (C=O) groups is 3. The lowest BCUT2D eigenvalue weighted by Crippen LogP contribution is -2.46. The second kappa shape index (κ2) is 8.51. The Morgan fingerprint density at radius 2 is 2.10 bits per heavy atom. The van der Waals surface area contributed by atoms with Crippen LogP contribution in [0.4, 0.5) is 4.79 Å². The summed E-state index contributed by atoms with van der Waals surface area (Å²) in [5.41, 5.74) is 0. The van der Waals surface area contributed by atoms with Gasteiger partial charge in [0, 0.05) is 19.4 Å². The van der Waals surface area contributed by atoms with Crippen molar-refractivity contribution >= 4 is 18.0 Å². The summed E-state index contributed by atoms with van der Waals surface area (Å²) in [6.45, 7) is 0.266. The van der Waals surface area contributed by atoms with E-state index in [-0.39, 0.29) is 25.8 Å². The molecule has 0 unspecified atom stereocenters. The van der Waals surface area contributed by atoms with Gasteiger partial charge < -0.3 is 20.8 Å². The number of nitrogens with one attached hydrogen (secondary N) is 3. The molecule has 0 aliphatic carbocycles. The Morgan fingerprint density at radius 1 is 1.33 bits per heavy atom. The molecule has 116 valence electrons. The number of aromatic amines is 1. The number of carboxylic acid groups (broad SMARTS) is 2. The van der Waals surface area contributed by atoms with E-state index < -0.39 is 24.0 Å². The number of amides is 2. The van der Waals surface area contributed by atoms with Gasteiger partial charge in [0.2, 0.25) is 0 Å². The molecule has 0 aliphatic heterocycles. The van der Waals surface area contributed by atoms with E-state index >= 15 is 0 Å². The Labute approximate surface area is 120 Å². The van der Waals surface area contributed by atoms with Gasteiger partial charge in [-0.05, 0) is 12.8 Å². The fourth-order valence-corrected chi connectivity index (χ4v) is 1.57. The molecule has 0 aliphatic rings. The number of carboxylic acids is 2. The van der Waals surface area contributed by atoms with Crippen LogP contribution in [-0.4, -0.2) is 56.0 Å². The SMILES string of the molecule is O=C(O)CCC[C@@H](NC(=O)NCCc1ncn[nH]1)C(=O)O. The van der Waals surface area contributed by atoms with E-state index in [1.165, 1.54) is 6.33 Å². The fraction of sp³-hybridized carbons (Fsp3) is 0.545. The molecule has 0 aromatic carbocycles. The Bertz CT molecular complexity index is 475. The van der Waals surface area contributed by atoms with Crippen LogP contribution in [0.2, 0.25) is 0 Å². The number of hydrogen-bond donors (Lipinski definition) is 5. The zero-order valence-electron chi connectivity index (χ0n) is 11.2. The Hall–Kier alpha value is -2.65. The van der Waals surface area contributed by atoms with Gasteiger partial charge in [-0.15, -0.1) is 0 Å². The van der Waals surface area contributed by atoms with E-state index in [1.54, 1.807) is 0 Å². The minimum Gasteiger partial charge on any atom is -0.481 e. The van der Waals surface area contributed by atoms with Crippen LogP contribution in [0.25, 0.3) is 0 Å². The van der Waals surface area contributed by atoms with Crippen LogP contribution in [0.1, 0.15) is 25.1 Å². The molecule has 0 radical (unpaired) electrons. The van der Waals surface area contributed by atoms with Gasteiger partial charge in [-0.3, -0.25) is 9.89 Å². The minimum atomic E-state index is -1.20. The van der Waals surface area contributed by atoms with Crippen molar-refractivity contribution in [3.05, 3.63) is 12.2 Å².